The standard InChI is InChI=1S/C19H16ClNO4/c1-23-19(22)10-13-2-8-16(9-3-13)24-12-17-11-18(21-25-17)14-4-6-15(20)7-5-14/h2-9,11H,10,12H2,1H3. The number of halogens is 1. The fourth-order valence-electron chi connectivity index (χ4n) is 2.23. The predicted octanol–water partition coefficient (Wildman–Crippen LogP) is 4.29. The van der Waals surface area contributed by atoms with Gasteiger partial charge in [0.2, 0.25) is 0 Å². The van der Waals surface area contributed by atoms with Crippen molar-refractivity contribution in [3.63, 3.8) is 0 Å². The first-order valence-corrected chi connectivity index (χ1v) is 8.02. The maximum atomic E-state index is 11.2. The highest BCUT2D eigenvalue weighted by molar-refractivity contribution is 6.30. The summed E-state index contributed by atoms with van der Waals surface area (Å²) in [5, 5.41) is 4.71. The lowest BCUT2D eigenvalue weighted by Gasteiger charge is -2.05. The van der Waals surface area contributed by atoms with Gasteiger partial charge in [0.1, 0.15) is 18.1 Å². The third kappa shape index (κ3) is 4.61. The van der Waals surface area contributed by atoms with Gasteiger partial charge in [-0.05, 0) is 29.8 Å². The Balaban J connectivity index is 1.58. The van der Waals surface area contributed by atoms with E-state index < -0.39 is 0 Å². The first-order valence-electron chi connectivity index (χ1n) is 7.64. The van der Waals surface area contributed by atoms with E-state index in [1.165, 1.54) is 7.11 Å². The number of ether oxygens (including phenoxy) is 2. The van der Waals surface area contributed by atoms with Crippen molar-refractivity contribution in [1.29, 1.82) is 0 Å². The first kappa shape index (κ1) is 17.0. The molecular formula is C19H16ClNO4. The number of aromatic nitrogens is 1. The number of carbonyl (C=O) groups excluding carboxylic acids is 1. The maximum absolute atomic E-state index is 11.2. The monoisotopic (exact) mass is 357 g/mol. The molecule has 128 valence electrons. The van der Waals surface area contributed by atoms with Crippen LogP contribution in [0.3, 0.4) is 0 Å². The summed E-state index contributed by atoms with van der Waals surface area (Å²) in [6.07, 6.45) is 0.239. The molecule has 3 aromatic rings. The summed E-state index contributed by atoms with van der Waals surface area (Å²) in [7, 11) is 1.37. The number of hydrogen-bond donors (Lipinski definition) is 0. The summed E-state index contributed by atoms with van der Waals surface area (Å²) >= 11 is 5.88. The minimum atomic E-state index is -0.273. The highest BCUT2D eigenvalue weighted by atomic mass is 35.5. The number of hydrogen-bond acceptors (Lipinski definition) is 5. The van der Waals surface area contributed by atoms with Crippen molar-refractivity contribution < 1.29 is 18.8 Å². The fraction of sp³-hybridized carbons (Fsp3) is 0.158. The number of nitrogens with zero attached hydrogens (tertiary/aromatic N) is 1. The summed E-state index contributed by atoms with van der Waals surface area (Å²) in [6, 6.07) is 16.4. The van der Waals surface area contributed by atoms with Crippen molar-refractivity contribution >= 4 is 17.6 Å². The Morgan fingerprint density at radius 2 is 1.84 bits per heavy atom. The van der Waals surface area contributed by atoms with Crippen molar-refractivity contribution in [2.75, 3.05) is 7.11 Å². The Hall–Kier alpha value is -2.79. The molecular weight excluding hydrogens is 342 g/mol. The van der Waals surface area contributed by atoms with Crippen LogP contribution in [0.4, 0.5) is 0 Å². The van der Waals surface area contributed by atoms with Gasteiger partial charge in [-0.3, -0.25) is 4.79 Å². The van der Waals surface area contributed by atoms with E-state index in [1.54, 1.807) is 24.3 Å². The van der Waals surface area contributed by atoms with E-state index in [0.717, 1.165) is 16.8 Å². The Kier molecular flexibility index (Phi) is 5.36. The zero-order valence-corrected chi connectivity index (χ0v) is 14.3. The van der Waals surface area contributed by atoms with Gasteiger partial charge in [0.25, 0.3) is 0 Å². The van der Waals surface area contributed by atoms with Gasteiger partial charge >= 0.3 is 5.97 Å². The summed E-state index contributed by atoms with van der Waals surface area (Å²) in [4.78, 5) is 11.2. The van der Waals surface area contributed by atoms with Gasteiger partial charge in [0.15, 0.2) is 5.76 Å². The molecule has 0 aliphatic rings. The summed E-state index contributed by atoms with van der Waals surface area (Å²) in [5.41, 5.74) is 2.51. The van der Waals surface area contributed by atoms with E-state index >= 15 is 0 Å². The van der Waals surface area contributed by atoms with Crippen LogP contribution in [0.2, 0.25) is 5.02 Å². The third-order valence-corrected chi connectivity index (χ3v) is 3.83. The van der Waals surface area contributed by atoms with Crippen LogP contribution in [0.25, 0.3) is 11.3 Å². The van der Waals surface area contributed by atoms with Crippen LogP contribution in [0.15, 0.2) is 59.1 Å². The van der Waals surface area contributed by atoms with Crippen LogP contribution in [0.5, 0.6) is 5.75 Å². The zero-order chi connectivity index (χ0) is 17.6. The quantitative estimate of drug-likeness (QED) is 0.616. The van der Waals surface area contributed by atoms with Crippen LogP contribution < -0.4 is 4.74 Å². The molecule has 0 N–H and O–H groups in total. The van der Waals surface area contributed by atoms with Crippen molar-refractivity contribution in [3.8, 4) is 17.0 Å². The van der Waals surface area contributed by atoms with Crippen molar-refractivity contribution in [1.82, 2.24) is 5.16 Å². The van der Waals surface area contributed by atoms with Gasteiger partial charge in [-0.1, -0.05) is 41.0 Å². The highest BCUT2D eigenvalue weighted by Crippen LogP contribution is 2.22. The SMILES string of the molecule is COC(=O)Cc1ccc(OCc2cc(-c3ccc(Cl)cc3)no2)cc1. The van der Waals surface area contributed by atoms with Crippen LogP contribution in [-0.2, 0) is 22.6 Å². The Morgan fingerprint density at radius 1 is 1.12 bits per heavy atom. The fourth-order valence-corrected chi connectivity index (χ4v) is 2.36. The smallest absolute Gasteiger partial charge is 0.309 e. The molecule has 0 spiro atoms. The van der Waals surface area contributed by atoms with Crippen molar-refractivity contribution in [3.05, 3.63) is 70.9 Å². The highest BCUT2D eigenvalue weighted by Gasteiger charge is 2.08. The molecule has 0 unspecified atom stereocenters. The maximum Gasteiger partial charge on any atom is 0.309 e. The molecule has 25 heavy (non-hydrogen) atoms. The molecule has 0 aliphatic heterocycles. The van der Waals surface area contributed by atoms with Crippen molar-refractivity contribution in [2.45, 2.75) is 13.0 Å². The van der Waals surface area contributed by atoms with Gasteiger partial charge in [-0.25, -0.2) is 0 Å². The number of benzene rings is 2. The number of methoxy groups -OCH3 is 1. The van der Waals surface area contributed by atoms with Crippen LogP contribution in [0, 0.1) is 0 Å². The van der Waals surface area contributed by atoms with E-state index in [9.17, 15) is 4.79 Å². The molecule has 0 fully saturated rings. The molecule has 0 amide bonds. The van der Waals surface area contributed by atoms with Crippen LogP contribution in [0.1, 0.15) is 11.3 Å². The average Bonchev–Trinajstić information content (AvgIpc) is 3.10. The third-order valence-electron chi connectivity index (χ3n) is 3.58. The molecule has 1 heterocycles. The lowest BCUT2D eigenvalue weighted by Crippen LogP contribution is -2.04. The van der Waals surface area contributed by atoms with E-state index in [1.807, 2.05) is 30.3 Å². The van der Waals surface area contributed by atoms with Gasteiger partial charge in [-0.2, -0.15) is 0 Å². The van der Waals surface area contributed by atoms with Crippen LogP contribution >= 0.6 is 11.6 Å². The van der Waals surface area contributed by atoms with E-state index in [0.29, 0.717) is 16.5 Å². The lowest BCUT2D eigenvalue weighted by atomic mass is 10.1. The summed E-state index contributed by atoms with van der Waals surface area (Å²) < 4.78 is 15.6. The zero-order valence-electron chi connectivity index (χ0n) is 13.6. The van der Waals surface area contributed by atoms with Crippen LogP contribution in [-0.4, -0.2) is 18.2 Å². The minimum absolute atomic E-state index is 0.239. The second-order valence-electron chi connectivity index (χ2n) is 5.37. The molecule has 5 nitrogen and oxygen atoms in total. The molecule has 1 aromatic heterocycles. The molecule has 0 aliphatic carbocycles. The van der Waals surface area contributed by atoms with Gasteiger partial charge in [0, 0.05) is 16.7 Å². The molecule has 0 atom stereocenters. The predicted molar refractivity (Wildman–Crippen MR) is 93.4 cm³/mol. The molecule has 3 rings (SSSR count). The molecule has 2 aromatic carbocycles. The largest absolute Gasteiger partial charge is 0.486 e. The lowest BCUT2D eigenvalue weighted by molar-refractivity contribution is -0.139. The van der Waals surface area contributed by atoms with Crippen molar-refractivity contribution in [2.24, 2.45) is 0 Å². The van der Waals surface area contributed by atoms with E-state index in [-0.39, 0.29) is 19.0 Å². The minimum Gasteiger partial charge on any atom is -0.486 e. The molecule has 0 radical (unpaired) electrons. The Morgan fingerprint density at radius 3 is 2.52 bits per heavy atom. The summed E-state index contributed by atoms with van der Waals surface area (Å²) in [5.74, 6) is 1.02. The number of esters is 1. The van der Waals surface area contributed by atoms with E-state index in [2.05, 4.69) is 9.89 Å². The topological polar surface area (TPSA) is 61.6 Å². The second kappa shape index (κ2) is 7.85. The van der Waals surface area contributed by atoms with E-state index in [4.69, 9.17) is 20.9 Å². The number of rotatable bonds is 6. The average molecular weight is 358 g/mol. The van der Waals surface area contributed by atoms with Gasteiger partial charge < -0.3 is 14.0 Å². The Bertz CT molecular complexity index is 841. The normalized spacial score (nSPS) is 10.5. The molecule has 6 heteroatoms. The van der Waals surface area contributed by atoms with Gasteiger partial charge in [-0.15, -0.1) is 0 Å². The summed E-state index contributed by atoms with van der Waals surface area (Å²) in [6.45, 7) is 0.261. The second-order valence-corrected chi connectivity index (χ2v) is 5.81. The molecule has 0 saturated heterocycles. The Labute approximate surface area is 150 Å². The molecule has 0 bridgehead atoms. The first-order chi connectivity index (χ1) is 12.1. The number of carbonyl (C=O) groups is 1. The molecule has 0 saturated carbocycles. The van der Waals surface area contributed by atoms with Gasteiger partial charge in [0.05, 0.1) is 13.5 Å².